The molecule has 1 amide bonds. The maximum Gasteiger partial charge on any atom is 0.239 e. The van der Waals surface area contributed by atoms with Crippen molar-refractivity contribution >= 4 is 5.91 Å². The number of carbonyl (C=O) groups excluding carboxylic acids is 1. The van der Waals surface area contributed by atoms with Crippen LogP contribution in [0.3, 0.4) is 0 Å². The molecular formula is C25H32FN3O. The predicted molar refractivity (Wildman–Crippen MR) is 118 cm³/mol. The summed E-state index contributed by atoms with van der Waals surface area (Å²) < 4.78 is 13.4. The van der Waals surface area contributed by atoms with Crippen LogP contribution in [-0.2, 0) is 11.2 Å². The lowest BCUT2D eigenvalue weighted by molar-refractivity contribution is -0.134. The summed E-state index contributed by atoms with van der Waals surface area (Å²) in [6.45, 7) is 4.13. The van der Waals surface area contributed by atoms with Crippen molar-refractivity contribution in [2.45, 2.75) is 50.6 Å². The highest BCUT2D eigenvalue weighted by atomic mass is 19.1. The maximum atomic E-state index is 13.4. The number of hydrogen-bond donors (Lipinski definition) is 2. The fourth-order valence-corrected chi connectivity index (χ4v) is 4.78. The average molecular weight is 410 g/mol. The largest absolute Gasteiger partial charge is 0.341 e. The lowest BCUT2D eigenvalue weighted by Crippen LogP contribution is -2.51. The summed E-state index contributed by atoms with van der Waals surface area (Å²) >= 11 is 0. The van der Waals surface area contributed by atoms with Gasteiger partial charge in [0.25, 0.3) is 0 Å². The van der Waals surface area contributed by atoms with Gasteiger partial charge in [0.2, 0.25) is 5.91 Å². The molecule has 2 unspecified atom stereocenters. The average Bonchev–Trinajstić information content (AvgIpc) is 3.55. The molecule has 1 aliphatic carbocycles. The van der Waals surface area contributed by atoms with Crippen molar-refractivity contribution in [1.29, 1.82) is 0 Å². The number of hydrogen-bond acceptors (Lipinski definition) is 3. The summed E-state index contributed by atoms with van der Waals surface area (Å²) in [5, 5.41) is 3.81. The van der Waals surface area contributed by atoms with Crippen molar-refractivity contribution in [2.75, 3.05) is 19.6 Å². The Morgan fingerprint density at radius 1 is 1.17 bits per heavy atom. The van der Waals surface area contributed by atoms with E-state index in [9.17, 15) is 9.18 Å². The van der Waals surface area contributed by atoms with E-state index in [2.05, 4.69) is 35.6 Å². The molecule has 2 aromatic carbocycles. The van der Waals surface area contributed by atoms with Gasteiger partial charge < -0.3 is 16.0 Å². The van der Waals surface area contributed by atoms with E-state index in [1.165, 1.54) is 24.1 Å². The second-order valence-electron chi connectivity index (χ2n) is 9.16. The molecule has 1 heterocycles. The van der Waals surface area contributed by atoms with Crippen molar-refractivity contribution in [3.63, 3.8) is 0 Å². The lowest BCUT2D eigenvalue weighted by Gasteiger charge is -2.43. The number of benzene rings is 2. The van der Waals surface area contributed by atoms with Crippen molar-refractivity contribution in [3.05, 3.63) is 71.5 Å². The highest BCUT2D eigenvalue weighted by molar-refractivity contribution is 5.81. The van der Waals surface area contributed by atoms with E-state index in [4.69, 9.17) is 5.73 Å². The van der Waals surface area contributed by atoms with E-state index in [-0.39, 0.29) is 17.1 Å². The molecule has 1 saturated heterocycles. The van der Waals surface area contributed by atoms with E-state index in [1.807, 2.05) is 17.0 Å². The van der Waals surface area contributed by atoms with Gasteiger partial charge in [0.05, 0.1) is 6.04 Å². The maximum absolute atomic E-state index is 13.4. The Morgan fingerprint density at radius 2 is 1.83 bits per heavy atom. The minimum atomic E-state index is -0.453. The minimum Gasteiger partial charge on any atom is -0.341 e. The zero-order valence-electron chi connectivity index (χ0n) is 17.7. The quantitative estimate of drug-likeness (QED) is 0.736. The van der Waals surface area contributed by atoms with Crippen LogP contribution in [-0.4, -0.2) is 42.5 Å². The van der Waals surface area contributed by atoms with Crippen LogP contribution < -0.4 is 11.1 Å². The molecule has 0 spiro atoms. The van der Waals surface area contributed by atoms with Gasteiger partial charge in [-0.15, -0.1) is 0 Å². The first kappa shape index (κ1) is 21.0. The lowest BCUT2D eigenvalue weighted by atomic mass is 9.73. The third-order valence-corrected chi connectivity index (χ3v) is 6.78. The molecule has 4 nitrogen and oxygen atoms in total. The molecule has 160 valence electrons. The number of likely N-dealkylation sites (tertiary alicyclic amines) is 1. The molecule has 0 aromatic heterocycles. The first-order chi connectivity index (χ1) is 14.5. The highest BCUT2D eigenvalue weighted by Crippen LogP contribution is 2.42. The summed E-state index contributed by atoms with van der Waals surface area (Å²) in [4.78, 5) is 14.2. The van der Waals surface area contributed by atoms with Crippen molar-refractivity contribution in [2.24, 2.45) is 11.1 Å². The summed E-state index contributed by atoms with van der Waals surface area (Å²) in [5.74, 6) is 0.422. The minimum absolute atomic E-state index is 0.0321. The van der Waals surface area contributed by atoms with Gasteiger partial charge in [-0.05, 0) is 61.3 Å². The summed E-state index contributed by atoms with van der Waals surface area (Å²) in [6, 6.07) is 17.6. The molecule has 2 fully saturated rings. The fraction of sp³-hybridized carbons (Fsp3) is 0.480. The Labute approximate surface area is 178 Å². The first-order valence-corrected chi connectivity index (χ1v) is 11.0. The predicted octanol–water partition coefficient (Wildman–Crippen LogP) is 3.47. The smallest absolute Gasteiger partial charge is 0.239 e. The Bertz CT molecular complexity index is 844. The van der Waals surface area contributed by atoms with Gasteiger partial charge in [-0.2, -0.15) is 0 Å². The first-order valence-electron chi connectivity index (χ1n) is 11.0. The van der Waals surface area contributed by atoms with E-state index in [0.717, 1.165) is 44.5 Å². The van der Waals surface area contributed by atoms with Crippen LogP contribution in [0, 0.1) is 11.2 Å². The highest BCUT2D eigenvalue weighted by Gasteiger charge is 2.42. The molecule has 2 aliphatic rings. The molecule has 3 atom stereocenters. The zero-order valence-corrected chi connectivity index (χ0v) is 17.7. The summed E-state index contributed by atoms with van der Waals surface area (Å²) in [7, 11) is 0. The van der Waals surface area contributed by atoms with Crippen LogP contribution in [0.1, 0.15) is 43.2 Å². The molecule has 4 rings (SSSR count). The number of rotatable bonds is 7. The normalized spacial score (nSPS) is 23.8. The molecule has 3 N–H and O–H groups in total. The Morgan fingerprint density at radius 3 is 2.47 bits per heavy atom. The van der Waals surface area contributed by atoms with Crippen LogP contribution in [0.15, 0.2) is 54.6 Å². The third-order valence-electron chi connectivity index (χ3n) is 6.78. The monoisotopic (exact) mass is 409 g/mol. The second kappa shape index (κ2) is 8.86. The molecule has 0 bridgehead atoms. The van der Waals surface area contributed by atoms with Gasteiger partial charge >= 0.3 is 0 Å². The number of halogens is 1. The molecular weight excluding hydrogens is 377 g/mol. The number of piperidine rings is 1. The van der Waals surface area contributed by atoms with E-state index in [1.54, 1.807) is 6.92 Å². The SMILES string of the molecule is C[C@H](N)C(=O)N1CCC(CNC2CC2c2ccccc2)(Cc2ccc(F)cc2)CC1. The topological polar surface area (TPSA) is 58.4 Å². The molecule has 1 aliphatic heterocycles. The van der Waals surface area contributed by atoms with Gasteiger partial charge in [0.1, 0.15) is 5.82 Å². The Hall–Kier alpha value is -2.24. The van der Waals surface area contributed by atoms with Crippen LogP contribution >= 0.6 is 0 Å². The van der Waals surface area contributed by atoms with E-state index >= 15 is 0 Å². The Balaban J connectivity index is 1.42. The van der Waals surface area contributed by atoms with Gasteiger partial charge in [0.15, 0.2) is 0 Å². The van der Waals surface area contributed by atoms with Gasteiger partial charge in [-0.25, -0.2) is 4.39 Å². The standard InChI is InChI=1S/C25H32FN3O/c1-18(27)24(30)29-13-11-25(12-14-29,16-19-7-9-21(26)10-8-19)17-28-23-15-22(23)20-5-3-2-4-6-20/h2-10,18,22-23,28H,11-17,27H2,1H3/t18-,22?,23?/m0/s1. The third kappa shape index (κ3) is 4.90. The van der Waals surface area contributed by atoms with Gasteiger partial charge in [-0.1, -0.05) is 42.5 Å². The molecule has 5 heteroatoms. The van der Waals surface area contributed by atoms with Crippen LogP contribution in [0.4, 0.5) is 4.39 Å². The molecule has 30 heavy (non-hydrogen) atoms. The van der Waals surface area contributed by atoms with Gasteiger partial charge in [0, 0.05) is 31.6 Å². The number of nitrogens with zero attached hydrogens (tertiary/aromatic N) is 1. The molecule has 2 aromatic rings. The number of amides is 1. The number of nitrogens with one attached hydrogen (secondary N) is 1. The zero-order chi connectivity index (χ0) is 21.1. The summed E-state index contributed by atoms with van der Waals surface area (Å²) in [6.07, 6.45) is 3.92. The van der Waals surface area contributed by atoms with E-state index in [0.29, 0.717) is 12.0 Å². The number of carbonyl (C=O) groups is 1. The Kier molecular flexibility index (Phi) is 6.21. The molecule has 1 saturated carbocycles. The number of nitrogens with two attached hydrogens (primary N) is 1. The summed E-state index contributed by atoms with van der Waals surface area (Å²) in [5.41, 5.74) is 8.43. The molecule has 0 radical (unpaired) electrons. The van der Waals surface area contributed by atoms with Crippen LogP contribution in [0.5, 0.6) is 0 Å². The van der Waals surface area contributed by atoms with Crippen molar-refractivity contribution in [1.82, 2.24) is 10.2 Å². The van der Waals surface area contributed by atoms with Crippen molar-refractivity contribution < 1.29 is 9.18 Å². The van der Waals surface area contributed by atoms with Gasteiger partial charge in [-0.3, -0.25) is 4.79 Å². The van der Waals surface area contributed by atoms with E-state index < -0.39 is 6.04 Å². The second-order valence-corrected chi connectivity index (χ2v) is 9.16. The fourth-order valence-electron chi connectivity index (χ4n) is 4.78. The van der Waals surface area contributed by atoms with Crippen LogP contribution in [0.25, 0.3) is 0 Å². The van der Waals surface area contributed by atoms with Crippen molar-refractivity contribution in [3.8, 4) is 0 Å². The van der Waals surface area contributed by atoms with Crippen LogP contribution in [0.2, 0.25) is 0 Å².